The molecule has 0 bridgehead atoms. The molecule has 0 saturated heterocycles. The van der Waals surface area contributed by atoms with Crippen LogP contribution in [0.15, 0.2) is 10.8 Å². The van der Waals surface area contributed by atoms with Crippen LogP contribution >= 0.6 is 0 Å². The van der Waals surface area contributed by atoms with Crippen LogP contribution in [0.2, 0.25) is 0 Å². The van der Waals surface area contributed by atoms with E-state index in [0.29, 0.717) is 11.6 Å². The Morgan fingerprint density at radius 1 is 1.64 bits per heavy atom. The monoisotopic (exact) mass is 151 g/mol. The molecular formula is C8H9NO2. The van der Waals surface area contributed by atoms with Gasteiger partial charge in [-0.1, -0.05) is 6.42 Å². The van der Waals surface area contributed by atoms with E-state index in [4.69, 9.17) is 4.42 Å². The Morgan fingerprint density at radius 3 is 3.00 bits per heavy atom. The van der Waals surface area contributed by atoms with Gasteiger partial charge in [0.1, 0.15) is 11.5 Å². The van der Waals surface area contributed by atoms with Crippen molar-refractivity contribution in [2.45, 2.75) is 25.2 Å². The van der Waals surface area contributed by atoms with Crippen LogP contribution in [-0.4, -0.2) is 11.3 Å². The second-order valence-corrected chi connectivity index (χ2v) is 2.85. The fourth-order valence-electron chi connectivity index (χ4n) is 1.33. The molecule has 3 nitrogen and oxygen atoms in total. The van der Waals surface area contributed by atoms with Crippen LogP contribution in [0.3, 0.4) is 0 Å². The Balaban J connectivity index is 2.27. The normalized spacial score (nSPS) is 17.8. The SMILES string of the molecule is O=Cc1ncoc1C1CCC1. The molecule has 3 heteroatoms. The van der Waals surface area contributed by atoms with Gasteiger partial charge in [0.25, 0.3) is 0 Å². The van der Waals surface area contributed by atoms with Gasteiger partial charge in [0.15, 0.2) is 12.7 Å². The zero-order valence-electron chi connectivity index (χ0n) is 6.12. The summed E-state index contributed by atoms with van der Waals surface area (Å²) in [6.45, 7) is 0. The number of hydrogen-bond acceptors (Lipinski definition) is 3. The highest BCUT2D eigenvalue weighted by atomic mass is 16.3. The van der Waals surface area contributed by atoms with Crippen molar-refractivity contribution in [1.29, 1.82) is 0 Å². The predicted octanol–water partition coefficient (Wildman–Crippen LogP) is 1.75. The summed E-state index contributed by atoms with van der Waals surface area (Å²) in [6, 6.07) is 0. The quantitative estimate of drug-likeness (QED) is 0.605. The van der Waals surface area contributed by atoms with E-state index in [1.54, 1.807) is 0 Å². The summed E-state index contributed by atoms with van der Waals surface area (Å²) in [5.74, 6) is 1.24. The van der Waals surface area contributed by atoms with Gasteiger partial charge in [0, 0.05) is 5.92 Å². The summed E-state index contributed by atoms with van der Waals surface area (Å²) in [5.41, 5.74) is 0.481. The number of nitrogens with zero attached hydrogens (tertiary/aromatic N) is 1. The first-order valence-corrected chi connectivity index (χ1v) is 3.80. The predicted molar refractivity (Wildman–Crippen MR) is 38.5 cm³/mol. The van der Waals surface area contributed by atoms with Gasteiger partial charge in [-0.2, -0.15) is 0 Å². The maximum Gasteiger partial charge on any atom is 0.181 e. The number of oxazole rings is 1. The van der Waals surface area contributed by atoms with E-state index in [2.05, 4.69) is 4.98 Å². The van der Waals surface area contributed by atoms with Gasteiger partial charge in [-0.05, 0) is 12.8 Å². The van der Waals surface area contributed by atoms with E-state index in [9.17, 15) is 4.79 Å². The largest absolute Gasteiger partial charge is 0.447 e. The molecule has 1 fully saturated rings. The average molecular weight is 151 g/mol. The molecule has 1 heterocycles. The Labute approximate surface area is 64.4 Å². The van der Waals surface area contributed by atoms with Crippen molar-refractivity contribution in [1.82, 2.24) is 4.98 Å². The molecule has 1 aliphatic rings. The lowest BCUT2D eigenvalue weighted by atomic mass is 9.83. The second kappa shape index (κ2) is 2.49. The zero-order chi connectivity index (χ0) is 7.68. The molecule has 0 N–H and O–H groups in total. The van der Waals surface area contributed by atoms with E-state index in [1.165, 1.54) is 12.8 Å². The van der Waals surface area contributed by atoms with Crippen molar-refractivity contribution in [2.75, 3.05) is 0 Å². The number of rotatable bonds is 2. The lowest BCUT2D eigenvalue weighted by Gasteiger charge is -2.22. The van der Waals surface area contributed by atoms with E-state index in [1.807, 2.05) is 0 Å². The molecule has 11 heavy (non-hydrogen) atoms. The minimum Gasteiger partial charge on any atom is -0.447 e. The van der Waals surface area contributed by atoms with Crippen molar-refractivity contribution in [2.24, 2.45) is 0 Å². The number of carbonyl (C=O) groups excluding carboxylic acids is 1. The standard InChI is InChI=1S/C8H9NO2/c10-4-7-8(11-5-9-7)6-2-1-3-6/h4-6H,1-3H2. The van der Waals surface area contributed by atoms with E-state index in [0.717, 1.165) is 24.9 Å². The molecule has 0 aromatic carbocycles. The lowest BCUT2D eigenvalue weighted by molar-refractivity contribution is 0.111. The molecule has 58 valence electrons. The van der Waals surface area contributed by atoms with Gasteiger partial charge in [-0.3, -0.25) is 4.79 Å². The van der Waals surface area contributed by atoms with E-state index in [-0.39, 0.29) is 0 Å². The Kier molecular flexibility index (Phi) is 1.49. The first kappa shape index (κ1) is 6.58. The van der Waals surface area contributed by atoms with Gasteiger partial charge >= 0.3 is 0 Å². The molecular weight excluding hydrogens is 142 g/mol. The third-order valence-corrected chi connectivity index (χ3v) is 2.21. The number of hydrogen-bond donors (Lipinski definition) is 0. The van der Waals surface area contributed by atoms with Crippen LogP contribution in [0.25, 0.3) is 0 Å². The van der Waals surface area contributed by atoms with Crippen LogP contribution in [0.1, 0.15) is 41.4 Å². The second-order valence-electron chi connectivity index (χ2n) is 2.85. The minimum atomic E-state index is 0.456. The molecule has 0 amide bonds. The zero-order valence-corrected chi connectivity index (χ0v) is 6.12. The van der Waals surface area contributed by atoms with Crippen LogP contribution in [0, 0.1) is 0 Å². The van der Waals surface area contributed by atoms with Crippen LogP contribution in [0.5, 0.6) is 0 Å². The van der Waals surface area contributed by atoms with Crippen LogP contribution in [-0.2, 0) is 0 Å². The summed E-state index contributed by atoms with van der Waals surface area (Å²) in [5, 5.41) is 0. The molecule has 2 rings (SSSR count). The highest BCUT2D eigenvalue weighted by molar-refractivity contribution is 5.73. The fraction of sp³-hybridized carbons (Fsp3) is 0.500. The number of aldehydes is 1. The summed E-state index contributed by atoms with van der Waals surface area (Å²) in [7, 11) is 0. The summed E-state index contributed by atoms with van der Waals surface area (Å²) in [4.78, 5) is 14.2. The summed E-state index contributed by atoms with van der Waals surface area (Å²) >= 11 is 0. The lowest BCUT2D eigenvalue weighted by Crippen LogP contribution is -2.09. The van der Waals surface area contributed by atoms with E-state index >= 15 is 0 Å². The molecule has 0 aliphatic heterocycles. The third kappa shape index (κ3) is 0.964. The van der Waals surface area contributed by atoms with E-state index < -0.39 is 0 Å². The molecule has 0 unspecified atom stereocenters. The van der Waals surface area contributed by atoms with Gasteiger partial charge < -0.3 is 4.42 Å². The molecule has 0 atom stereocenters. The molecule has 0 spiro atoms. The van der Waals surface area contributed by atoms with Crippen molar-refractivity contribution < 1.29 is 9.21 Å². The Bertz CT molecular complexity index is 263. The van der Waals surface area contributed by atoms with Gasteiger partial charge in [-0.15, -0.1) is 0 Å². The first-order valence-electron chi connectivity index (χ1n) is 3.80. The average Bonchev–Trinajstić information content (AvgIpc) is 2.32. The smallest absolute Gasteiger partial charge is 0.181 e. The van der Waals surface area contributed by atoms with Crippen molar-refractivity contribution >= 4 is 6.29 Å². The van der Waals surface area contributed by atoms with Gasteiger partial charge in [-0.25, -0.2) is 4.98 Å². The molecule has 1 saturated carbocycles. The summed E-state index contributed by atoms with van der Waals surface area (Å²) < 4.78 is 5.12. The van der Waals surface area contributed by atoms with Crippen molar-refractivity contribution in [3.8, 4) is 0 Å². The number of aromatic nitrogens is 1. The van der Waals surface area contributed by atoms with Crippen LogP contribution in [0.4, 0.5) is 0 Å². The molecule has 0 radical (unpaired) electrons. The highest BCUT2D eigenvalue weighted by Crippen LogP contribution is 2.37. The van der Waals surface area contributed by atoms with Gasteiger partial charge in [0.05, 0.1) is 0 Å². The maximum atomic E-state index is 10.4. The Hall–Kier alpha value is -1.12. The Morgan fingerprint density at radius 2 is 2.45 bits per heavy atom. The highest BCUT2D eigenvalue weighted by Gasteiger charge is 2.25. The molecule has 1 aromatic heterocycles. The first-order chi connectivity index (χ1) is 5.42. The van der Waals surface area contributed by atoms with Gasteiger partial charge in [0.2, 0.25) is 0 Å². The van der Waals surface area contributed by atoms with Crippen molar-refractivity contribution in [3.05, 3.63) is 17.8 Å². The fourth-order valence-corrected chi connectivity index (χ4v) is 1.33. The van der Waals surface area contributed by atoms with Crippen molar-refractivity contribution in [3.63, 3.8) is 0 Å². The maximum absolute atomic E-state index is 10.4. The number of carbonyl (C=O) groups is 1. The molecule has 1 aromatic rings. The topological polar surface area (TPSA) is 43.1 Å². The van der Waals surface area contributed by atoms with Crippen LogP contribution < -0.4 is 0 Å². The minimum absolute atomic E-state index is 0.456. The summed E-state index contributed by atoms with van der Waals surface area (Å²) in [6.07, 6.45) is 5.62. The third-order valence-electron chi connectivity index (χ3n) is 2.21. The molecule has 1 aliphatic carbocycles.